The maximum atomic E-state index is 11.6. The summed E-state index contributed by atoms with van der Waals surface area (Å²) in [5.41, 5.74) is 5.43. The molecule has 1 rings (SSSR count). The van der Waals surface area contributed by atoms with E-state index in [-0.39, 0.29) is 10.9 Å². The number of nitrogens with zero attached hydrogens (tertiary/aromatic N) is 2. The molecule has 0 atom stereocenters. The molecule has 0 saturated heterocycles. The van der Waals surface area contributed by atoms with Crippen LogP contribution in [-0.2, 0) is 4.79 Å². The van der Waals surface area contributed by atoms with Gasteiger partial charge in [0.2, 0.25) is 11.9 Å². The average Bonchev–Trinajstić information content (AvgIpc) is 2.35. The molecule has 6 nitrogen and oxygen atoms in total. The highest BCUT2D eigenvalue weighted by atomic mass is 32.1. The molecule has 1 aromatic heterocycles. The first-order chi connectivity index (χ1) is 8.36. The minimum atomic E-state index is -0.558. The molecule has 1 heterocycles. The van der Waals surface area contributed by atoms with Crippen LogP contribution in [0.4, 0.5) is 5.95 Å². The normalized spacial score (nSPS) is 10.8. The van der Waals surface area contributed by atoms with Crippen molar-refractivity contribution in [1.29, 1.82) is 0 Å². The summed E-state index contributed by atoms with van der Waals surface area (Å²) in [6.45, 7) is 4.07. The highest BCUT2D eigenvalue weighted by Crippen LogP contribution is 2.15. The fourth-order valence-electron chi connectivity index (χ4n) is 1.30. The number of nitrogens with one attached hydrogen (secondary N) is 2. The minimum absolute atomic E-state index is 0.0551. The molecule has 98 valence electrons. The first kappa shape index (κ1) is 14.3. The Morgan fingerprint density at radius 3 is 2.78 bits per heavy atom. The fourth-order valence-corrected chi connectivity index (χ4v) is 1.41. The Hall–Kier alpha value is -1.76. The lowest BCUT2D eigenvalue weighted by Crippen LogP contribution is -2.39. The number of amides is 1. The van der Waals surface area contributed by atoms with Gasteiger partial charge in [0.25, 0.3) is 0 Å². The first-order valence-corrected chi connectivity index (χ1v) is 5.86. The lowest BCUT2D eigenvalue weighted by molar-refractivity contribution is -0.128. The van der Waals surface area contributed by atoms with Crippen molar-refractivity contribution in [2.45, 2.75) is 13.8 Å². The summed E-state index contributed by atoms with van der Waals surface area (Å²) in [6, 6.07) is 1.64. The van der Waals surface area contributed by atoms with E-state index in [4.69, 9.17) is 18.0 Å². The molecule has 0 saturated carbocycles. The molecule has 0 aliphatic heterocycles. The van der Waals surface area contributed by atoms with Gasteiger partial charge in [0.1, 0.15) is 10.7 Å². The Morgan fingerprint density at radius 1 is 1.56 bits per heavy atom. The molecule has 0 aromatic carbocycles. The molecule has 4 N–H and O–H groups in total. The number of carbonyl (C=O) groups is 1. The highest BCUT2D eigenvalue weighted by Gasteiger charge is 2.26. The molecule has 1 amide bonds. The number of anilines is 1. The Bertz CT molecular complexity index is 461. The van der Waals surface area contributed by atoms with E-state index in [1.807, 2.05) is 13.8 Å². The number of hydrogen-bond donors (Lipinski definition) is 3. The highest BCUT2D eigenvalue weighted by molar-refractivity contribution is 7.80. The van der Waals surface area contributed by atoms with Crippen molar-refractivity contribution in [2.75, 3.05) is 18.9 Å². The number of hydrogen-bond acceptors (Lipinski definition) is 5. The molecule has 0 radical (unpaired) electrons. The monoisotopic (exact) mass is 267 g/mol. The Labute approximate surface area is 111 Å². The van der Waals surface area contributed by atoms with Crippen LogP contribution >= 0.6 is 12.2 Å². The van der Waals surface area contributed by atoms with Crippen molar-refractivity contribution in [3.05, 3.63) is 18.0 Å². The Morgan fingerprint density at radius 2 is 2.22 bits per heavy atom. The summed E-state index contributed by atoms with van der Waals surface area (Å²) in [7, 11) is 1.61. The molecule has 7 heteroatoms. The molecule has 0 aliphatic rings. The van der Waals surface area contributed by atoms with Crippen LogP contribution in [0.1, 0.15) is 19.5 Å². The van der Waals surface area contributed by atoms with Crippen LogP contribution in [0.3, 0.4) is 0 Å². The second kappa shape index (κ2) is 5.72. The van der Waals surface area contributed by atoms with Gasteiger partial charge in [0.15, 0.2) is 0 Å². The lowest BCUT2D eigenvalue weighted by atomic mass is 9.92. The van der Waals surface area contributed by atoms with Gasteiger partial charge in [-0.15, -0.1) is 0 Å². The topological polar surface area (TPSA) is 92.9 Å². The van der Waals surface area contributed by atoms with E-state index >= 15 is 0 Å². The third kappa shape index (κ3) is 3.63. The molecule has 0 unspecified atom stereocenters. The summed E-state index contributed by atoms with van der Waals surface area (Å²) in [5.74, 6) is 0.345. The van der Waals surface area contributed by atoms with Crippen LogP contribution in [0.2, 0.25) is 0 Å². The Balaban J connectivity index is 2.72. The summed E-state index contributed by atoms with van der Waals surface area (Å²) in [5, 5.41) is 5.61. The number of carbonyl (C=O) groups excluding carboxylic acids is 1. The van der Waals surface area contributed by atoms with E-state index in [1.54, 1.807) is 19.3 Å². The van der Waals surface area contributed by atoms with Crippen molar-refractivity contribution in [3.8, 4) is 0 Å². The first-order valence-electron chi connectivity index (χ1n) is 5.46. The van der Waals surface area contributed by atoms with Gasteiger partial charge in [-0.1, -0.05) is 12.2 Å². The molecule has 0 fully saturated rings. The second-order valence-electron chi connectivity index (χ2n) is 4.45. The number of thiocarbonyl (C=S) groups is 1. The van der Waals surface area contributed by atoms with Gasteiger partial charge in [-0.3, -0.25) is 4.79 Å². The third-order valence-electron chi connectivity index (χ3n) is 2.44. The van der Waals surface area contributed by atoms with Gasteiger partial charge in [0.05, 0.1) is 5.41 Å². The van der Waals surface area contributed by atoms with Gasteiger partial charge in [0, 0.05) is 19.8 Å². The maximum Gasteiger partial charge on any atom is 0.227 e. The predicted molar refractivity (Wildman–Crippen MR) is 74.3 cm³/mol. The van der Waals surface area contributed by atoms with Gasteiger partial charge in [-0.25, -0.2) is 9.97 Å². The van der Waals surface area contributed by atoms with Crippen molar-refractivity contribution < 1.29 is 4.79 Å². The van der Waals surface area contributed by atoms with Crippen LogP contribution in [0.25, 0.3) is 0 Å². The van der Waals surface area contributed by atoms with Gasteiger partial charge in [-0.05, 0) is 19.9 Å². The fraction of sp³-hybridized carbons (Fsp3) is 0.455. The molecule has 18 heavy (non-hydrogen) atoms. The molecule has 0 bridgehead atoms. The van der Waals surface area contributed by atoms with E-state index in [1.165, 1.54) is 0 Å². The van der Waals surface area contributed by atoms with Gasteiger partial charge >= 0.3 is 0 Å². The molecular weight excluding hydrogens is 250 g/mol. The molecule has 1 aromatic rings. The Kier molecular flexibility index (Phi) is 4.55. The van der Waals surface area contributed by atoms with Gasteiger partial charge in [-0.2, -0.15) is 0 Å². The van der Waals surface area contributed by atoms with Crippen LogP contribution in [0, 0.1) is 5.41 Å². The number of aromatic nitrogens is 2. The zero-order valence-electron chi connectivity index (χ0n) is 10.7. The second-order valence-corrected chi connectivity index (χ2v) is 4.89. The van der Waals surface area contributed by atoms with Crippen molar-refractivity contribution in [1.82, 2.24) is 15.3 Å². The zero-order chi connectivity index (χ0) is 13.8. The van der Waals surface area contributed by atoms with E-state index < -0.39 is 5.41 Å². The maximum absolute atomic E-state index is 11.6. The largest absolute Gasteiger partial charge is 0.388 e. The van der Waals surface area contributed by atoms with Gasteiger partial charge < -0.3 is 16.4 Å². The van der Waals surface area contributed by atoms with Crippen molar-refractivity contribution in [3.63, 3.8) is 0 Å². The zero-order valence-corrected chi connectivity index (χ0v) is 11.5. The number of nitrogens with two attached hydrogens (primary N) is 1. The van der Waals surface area contributed by atoms with Crippen LogP contribution in [0.15, 0.2) is 12.3 Å². The standard InChI is InChI=1S/C11H17N5OS/c1-11(2,9(17)13-3)6-15-10-14-5-4-7(16-10)8(12)18/h4-5H,6H2,1-3H3,(H2,12,18)(H,13,17)(H,14,15,16). The van der Waals surface area contributed by atoms with Crippen LogP contribution in [-0.4, -0.2) is 34.5 Å². The van der Waals surface area contributed by atoms with Crippen LogP contribution in [0.5, 0.6) is 0 Å². The van der Waals surface area contributed by atoms with Crippen LogP contribution < -0.4 is 16.4 Å². The molecule has 0 spiro atoms. The quantitative estimate of drug-likeness (QED) is 0.664. The van der Waals surface area contributed by atoms with Crippen molar-refractivity contribution >= 4 is 29.1 Å². The summed E-state index contributed by atoms with van der Waals surface area (Å²) >= 11 is 4.84. The molecule has 0 aliphatic carbocycles. The predicted octanol–water partition coefficient (Wildman–Crippen LogP) is 0.295. The smallest absolute Gasteiger partial charge is 0.227 e. The molecular formula is C11H17N5OS. The van der Waals surface area contributed by atoms with E-state index in [9.17, 15) is 4.79 Å². The summed E-state index contributed by atoms with van der Waals surface area (Å²) in [4.78, 5) is 20.0. The third-order valence-corrected chi connectivity index (χ3v) is 2.65. The average molecular weight is 267 g/mol. The lowest BCUT2D eigenvalue weighted by Gasteiger charge is -2.22. The SMILES string of the molecule is CNC(=O)C(C)(C)CNc1nccc(C(N)=S)n1. The van der Waals surface area contributed by atoms with E-state index in [0.717, 1.165) is 0 Å². The van der Waals surface area contributed by atoms with Crippen molar-refractivity contribution in [2.24, 2.45) is 11.1 Å². The van der Waals surface area contributed by atoms with E-state index in [0.29, 0.717) is 18.2 Å². The summed E-state index contributed by atoms with van der Waals surface area (Å²) < 4.78 is 0. The van der Waals surface area contributed by atoms with E-state index in [2.05, 4.69) is 20.6 Å². The number of rotatable bonds is 5. The minimum Gasteiger partial charge on any atom is -0.388 e. The summed E-state index contributed by atoms with van der Waals surface area (Å²) in [6.07, 6.45) is 1.57.